The van der Waals surface area contributed by atoms with Crippen molar-refractivity contribution in [2.75, 3.05) is 51.8 Å². The summed E-state index contributed by atoms with van der Waals surface area (Å²) in [6.45, 7) is 6.11. The van der Waals surface area contributed by atoms with Gasteiger partial charge in [-0.2, -0.15) is 0 Å². The largest absolute Gasteiger partial charge is 0.497 e. The Morgan fingerprint density at radius 2 is 2.03 bits per heavy atom. The number of aromatic nitrogens is 2. The summed E-state index contributed by atoms with van der Waals surface area (Å²) in [6, 6.07) is 10.0. The lowest BCUT2D eigenvalue weighted by Gasteiger charge is -2.27. The van der Waals surface area contributed by atoms with E-state index in [1.165, 1.54) is 10.5 Å². The lowest BCUT2D eigenvalue weighted by atomic mass is 10.0. The van der Waals surface area contributed by atoms with Crippen molar-refractivity contribution in [3.8, 4) is 5.75 Å². The summed E-state index contributed by atoms with van der Waals surface area (Å²) >= 11 is 1.73. The van der Waals surface area contributed by atoms with Gasteiger partial charge in [0.2, 0.25) is 0 Å². The number of allylic oxidation sites excluding steroid dienone is 4. The fraction of sp³-hybridized carbons (Fsp3) is 0.360. The van der Waals surface area contributed by atoms with Crippen LogP contribution in [-0.2, 0) is 4.74 Å². The number of hydrogen-bond donors (Lipinski definition) is 2. The first-order valence-electron chi connectivity index (χ1n) is 11.4. The Hall–Kier alpha value is -2.94. The maximum absolute atomic E-state index is 6.05. The van der Waals surface area contributed by atoms with Crippen LogP contribution in [-0.4, -0.2) is 61.3 Å². The zero-order valence-corrected chi connectivity index (χ0v) is 19.7. The predicted molar refractivity (Wildman–Crippen MR) is 134 cm³/mol. The maximum Gasteiger partial charge on any atom is 0.151 e. The summed E-state index contributed by atoms with van der Waals surface area (Å²) < 4.78 is 12.4. The van der Waals surface area contributed by atoms with Gasteiger partial charge in [-0.05, 0) is 36.3 Å². The number of methoxy groups -OCH3 is 1. The highest BCUT2D eigenvalue weighted by Crippen LogP contribution is 2.37. The molecule has 1 aromatic carbocycles. The van der Waals surface area contributed by atoms with Crippen LogP contribution in [0, 0.1) is 0 Å². The molecule has 7 nitrogen and oxygen atoms in total. The summed E-state index contributed by atoms with van der Waals surface area (Å²) in [5, 5.41) is 6.80. The molecule has 3 aromatic rings. The number of hydrogen-bond acceptors (Lipinski definition) is 8. The van der Waals surface area contributed by atoms with E-state index in [1.54, 1.807) is 24.8 Å². The lowest BCUT2D eigenvalue weighted by molar-refractivity contribution is 0.143. The summed E-state index contributed by atoms with van der Waals surface area (Å²) in [5.74, 6) is 2.70. The van der Waals surface area contributed by atoms with Crippen molar-refractivity contribution in [2.24, 2.45) is 0 Å². The van der Waals surface area contributed by atoms with E-state index >= 15 is 0 Å². The number of benzene rings is 1. The molecule has 0 amide bonds. The number of fused-ring (bicyclic) bond motifs is 1. The second-order valence-corrected chi connectivity index (χ2v) is 9.22. The molecule has 2 N–H and O–H groups in total. The van der Waals surface area contributed by atoms with Gasteiger partial charge in [-0.25, -0.2) is 9.97 Å². The molecular formula is C25H29N5O2S. The molecule has 2 aliphatic rings. The van der Waals surface area contributed by atoms with E-state index in [9.17, 15) is 0 Å². The zero-order chi connectivity index (χ0) is 22.5. The third-order valence-electron chi connectivity index (χ3n) is 5.98. The molecule has 33 heavy (non-hydrogen) atoms. The second-order valence-electron chi connectivity index (χ2n) is 8.17. The minimum absolute atomic E-state index is 0.757. The Morgan fingerprint density at radius 3 is 2.85 bits per heavy atom. The topological polar surface area (TPSA) is 71.5 Å². The van der Waals surface area contributed by atoms with Crippen LogP contribution in [0.4, 0.5) is 11.5 Å². The third-order valence-corrected chi connectivity index (χ3v) is 7.18. The quantitative estimate of drug-likeness (QED) is 0.512. The molecule has 0 atom stereocenters. The van der Waals surface area contributed by atoms with Gasteiger partial charge in [0.1, 0.15) is 18.7 Å². The van der Waals surface area contributed by atoms with Gasteiger partial charge in [0.15, 0.2) is 5.82 Å². The van der Waals surface area contributed by atoms with Crippen LogP contribution >= 0.6 is 11.3 Å². The Morgan fingerprint density at radius 1 is 1.12 bits per heavy atom. The number of piperazine rings is 1. The Bertz CT molecular complexity index is 1170. The zero-order valence-electron chi connectivity index (χ0n) is 18.8. The average molecular weight is 464 g/mol. The van der Waals surface area contributed by atoms with Gasteiger partial charge < -0.3 is 20.1 Å². The number of anilines is 2. The highest BCUT2D eigenvalue weighted by atomic mass is 32.1. The number of ether oxygens (including phenoxy) is 2. The van der Waals surface area contributed by atoms with E-state index in [0.29, 0.717) is 0 Å². The lowest BCUT2D eigenvalue weighted by Crippen LogP contribution is -2.44. The van der Waals surface area contributed by atoms with Gasteiger partial charge in [0.25, 0.3) is 0 Å². The number of rotatable bonds is 8. The second kappa shape index (κ2) is 10.3. The molecule has 1 aliphatic carbocycles. The van der Waals surface area contributed by atoms with Gasteiger partial charge in [-0.1, -0.05) is 12.1 Å². The molecule has 1 aliphatic heterocycles. The van der Waals surface area contributed by atoms with E-state index in [2.05, 4.69) is 43.7 Å². The van der Waals surface area contributed by atoms with Crippen molar-refractivity contribution in [2.45, 2.75) is 12.8 Å². The molecule has 8 heteroatoms. The van der Waals surface area contributed by atoms with E-state index in [4.69, 9.17) is 9.47 Å². The molecule has 0 radical (unpaired) electrons. The highest BCUT2D eigenvalue weighted by molar-refractivity contribution is 7.20. The minimum Gasteiger partial charge on any atom is -0.497 e. The standard InChI is InChI=1S/C25H29N5O2S/c1-31-21-4-2-3-19(15-21)29-25-24-22(27-17-28-25)16-23(33-24)18-5-7-20(8-6-18)32-14-13-30-11-9-26-10-12-30/h2-5,7,15-17,26H,6,8-14H2,1H3,(H,27,28,29). The van der Waals surface area contributed by atoms with Crippen LogP contribution in [0.25, 0.3) is 15.8 Å². The Labute approximate surface area is 198 Å². The smallest absolute Gasteiger partial charge is 0.151 e. The molecule has 0 saturated carbocycles. The molecule has 1 fully saturated rings. The number of nitrogens with one attached hydrogen (secondary N) is 2. The fourth-order valence-corrected chi connectivity index (χ4v) is 5.23. The van der Waals surface area contributed by atoms with Gasteiger partial charge in [-0.15, -0.1) is 11.3 Å². The van der Waals surface area contributed by atoms with Crippen molar-refractivity contribution in [1.82, 2.24) is 20.2 Å². The number of thiophene rings is 1. The fourth-order valence-electron chi connectivity index (χ4n) is 4.12. The first kappa shape index (κ1) is 21.9. The first-order valence-corrected chi connectivity index (χ1v) is 12.2. The van der Waals surface area contributed by atoms with Crippen LogP contribution < -0.4 is 15.4 Å². The molecule has 0 bridgehead atoms. The van der Waals surface area contributed by atoms with Gasteiger partial charge in [-0.3, -0.25) is 4.90 Å². The van der Waals surface area contributed by atoms with Crippen molar-refractivity contribution in [3.05, 3.63) is 59.4 Å². The molecule has 1 saturated heterocycles. The van der Waals surface area contributed by atoms with Crippen LogP contribution in [0.15, 0.2) is 54.6 Å². The summed E-state index contributed by atoms with van der Waals surface area (Å²) in [5.41, 5.74) is 3.21. The van der Waals surface area contributed by atoms with Gasteiger partial charge in [0, 0.05) is 55.8 Å². The monoisotopic (exact) mass is 463 g/mol. The van der Waals surface area contributed by atoms with Crippen LogP contribution in [0.3, 0.4) is 0 Å². The summed E-state index contributed by atoms with van der Waals surface area (Å²) in [6.07, 6.45) is 7.83. The SMILES string of the molecule is COc1cccc(Nc2ncnc3cc(C4=CC=C(OCCN5CCNCC5)CC4)sc23)c1. The van der Waals surface area contributed by atoms with Gasteiger partial charge in [0.05, 0.1) is 23.1 Å². The first-order chi connectivity index (χ1) is 16.3. The Balaban J connectivity index is 1.26. The van der Waals surface area contributed by atoms with Crippen molar-refractivity contribution >= 4 is 38.6 Å². The normalized spacial score (nSPS) is 16.9. The van der Waals surface area contributed by atoms with Crippen molar-refractivity contribution in [3.63, 3.8) is 0 Å². The van der Waals surface area contributed by atoms with E-state index in [1.807, 2.05) is 24.3 Å². The summed E-state index contributed by atoms with van der Waals surface area (Å²) in [4.78, 5) is 12.7. The molecular weight excluding hydrogens is 434 g/mol. The molecule has 172 valence electrons. The van der Waals surface area contributed by atoms with E-state index in [-0.39, 0.29) is 0 Å². The predicted octanol–water partition coefficient (Wildman–Crippen LogP) is 4.43. The van der Waals surface area contributed by atoms with Crippen molar-refractivity contribution < 1.29 is 9.47 Å². The molecule has 3 heterocycles. The maximum atomic E-state index is 6.05. The third kappa shape index (κ3) is 5.35. The van der Waals surface area contributed by atoms with Crippen LogP contribution in [0.5, 0.6) is 5.75 Å². The van der Waals surface area contributed by atoms with Gasteiger partial charge >= 0.3 is 0 Å². The van der Waals surface area contributed by atoms with Crippen LogP contribution in [0.2, 0.25) is 0 Å². The molecule has 0 spiro atoms. The summed E-state index contributed by atoms with van der Waals surface area (Å²) in [7, 11) is 1.67. The Kier molecular flexibility index (Phi) is 6.85. The average Bonchev–Trinajstić information content (AvgIpc) is 3.31. The van der Waals surface area contributed by atoms with Crippen LogP contribution in [0.1, 0.15) is 17.7 Å². The highest BCUT2D eigenvalue weighted by Gasteiger charge is 2.16. The molecule has 2 aromatic heterocycles. The number of nitrogens with zero attached hydrogens (tertiary/aromatic N) is 3. The molecule has 5 rings (SSSR count). The molecule has 0 unspecified atom stereocenters. The van der Waals surface area contributed by atoms with E-state index in [0.717, 1.165) is 85.4 Å². The minimum atomic E-state index is 0.757. The van der Waals surface area contributed by atoms with Crippen molar-refractivity contribution in [1.29, 1.82) is 0 Å². The van der Waals surface area contributed by atoms with E-state index < -0.39 is 0 Å².